The molecule has 0 atom stereocenters. The van der Waals surface area contributed by atoms with Crippen LogP contribution in [0.1, 0.15) is 15.9 Å². The minimum absolute atomic E-state index is 0.0240. The van der Waals surface area contributed by atoms with Crippen molar-refractivity contribution in [3.05, 3.63) is 69.5 Å². The first-order valence-corrected chi connectivity index (χ1v) is 9.03. The number of hydrogen-bond acceptors (Lipinski definition) is 6. The number of ether oxygens (including phenoxy) is 1. The monoisotopic (exact) mass is 392 g/mol. The molecule has 0 aliphatic rings. The number of benzene rings is 2. The van der Waals surface area contributed by atoms with Crippen molar-refractivity contribution in [2.24, 2.45) is 0 Å². The zero-order valence-electron chi connectivity index (χ0n) is 14.7. The molecule has 0 aliphatic carbocycles. The molecule has 27 heavy (non-hydrogen) atoms. The van der Waals surface area contributed by atoms with Crippen LogP contribution in [-0.4, -0.2) is 41.6 Å². The molecule has 7 nitrogen and oxygen atoms in total. The molecule has 0 saturated heterocycles. The van der Waals surface area contributed by atoms with Gasteiger partial charge in [0.1, 0.15) is 5.82 Å². The van der Waals surface area contributed by atoms with Gasteiger partial charge in [-0.05, 0) is 24.5 Å². The Hall–Kier alpha value is -2.94. The van der Waals surface area contributed by atoms with Gasteiger partial charge in [-0.2, -0.15) is 0 Å². The molecule has 2 aromatic rings. The molecular weight excluding hydrogens is 375 g/mol. The topological polar surface area (TPSA) is 89.8 Å². The molecule has 0 aromatic heterocycles. The van der Waals surface area contributed by atoms with Crippen LogP contribution in [0.4, 0.5) is 10.1 Å². The Bertz CT molecular complexity index is 875. The van der Waals surface area contributed by atoms with E-state index in [0.29, 0.717) is 10.5 Å². The summed E-state index contributed by atoms with van der Waals surface area (Å²) in [6.07, 6.45) is 1.68. The Labute approximate surface area is 159 Å². The van der Waals surface area contributed by atoms with Crippen molar-refractivity contribution in [2.45, 2.75) is 11.4 Å². The molecule has 9 heteroatoms. The number of hydrogen-bond donors (Lipinski definition) is 0. The lowest BCUT2D eigenvalue weighted by molar-refractivity contribution is -0.387. The second kappa shape index (κ2) is 9.13. The van der Waals surface area contributed by atoms with Gasteiger partial charge in [0.2, 0.25) is 0 Å². The van der Waals surface area contributed by atoms with Crippen LogP contribution in [-0.2, 0) is 16.1 Å². The predicted octanol–water partition coefficient (Wildman–Crippen LogP) is 3.27. The highest BCUT2D eigenvalue weighted by molar-refractivity contribution is 7.98. The fourth-order valence-electron chi connectivity index (χ4n) is 2.25. The van der Waals surface area contributed by atoms with E-state index in [1.54, 1.807) is 24.5 Å². The van der Waals surface area contributed by atoms with Gasteiger partial charge in [-0.15, -0.1) is 11.8 Å². The number of carbonyl (C=O) groups excluding carboxylic acids is 2. The van der Waals surface area contributed by atoms with Gasteiger partial charge in [-0.1, -0.05) is 18.2 Å². The molecule has 0 N–H and O–H groups in total. The molecular formula is C18H17FN2O5S. The Morgan fingerprint density at radius 1 is 1.26 bits per heavy atom. The molecule has 0 bridgehead atoms. The summed E-state index contributed by atoms with van der Waals surface area (Å²) in [6, 6.07) is 10.0. The molecule has 0 aliphatic heterocycles. The highest BCUT2D eigenvalue weighted by atomic mass is 32.2. The molecule has 0 spiro atoms. The first kappa shape index (κ1) is 20.4. The highest BCUT2D eigenvalue weighted by Gasteiger charge is 2.19. The third-order valence-electron chi connectivity index (χ3n) is 3.73. The van der Waals surface area contributed by atoms with E-state index in [1.165, 1.54) is 41.9 Å². The van der Waals surface area contributed by atoms with Crippen LogP contribution < -0.4 is 0 Å². The van der Waals surface area contributed by atoms with E-state index in [-0.39, 0.29) is 17.8 Å². The van der Waals surface area contributed by atoms with Crippen molar-refractivity contribution >= 4 is 29.3 Å². The number of carbonyl (C=O) groups is 2. The number of amides is 1. The maximum atomic E-state index is 13.6. The Morgan fingerprint density at radius 3 is 2.59 bits per heavy atom. The number of halogens is 1. The van der Waals surface area contributed by atoms with Gasteiger partial charge in [0.15, 0.2) is 6.61 Å². The van der Waals surface area contributed by atoms with Crippen molar-refractivity contribution in [3.63, 3.8) is 0 Å². The van der Waals surface area contributed by atoms with Crippen LogP contribution in [0.2, 0.25) is 0 Å². The Morgan fingerprint density at radius 2 is 1.96 bits per heavy atom. The first-order valence-electron chi connectivity index (χ1n) is 7.80. The Balaban J connectivity index is 1.98. The number of esters is 1. The number of likely N-dealkylation sites (N-methyl/N-ethyl adjacent to an activating group) is 1. The zero-order valence-corrected chi connectivity index (χ0v) is 15.5. The molecule has 1 amide bonds. The van der Waals surface area contributed by atoms with Crippen molar-refractivity contribution in [1.82, 2.24) is 4.90 Å². The van der Waals surface area contributed by atoms with E-state index in [4.69, 9.17) is 4.74 Å². The van der Waals surface area contributed by atoms with Gasteiger partial charge in [-0.3, -0.25) is 14.9 Å². The second-order valence-corrected chi connectivity index (χ2v) is 6.41. The second-order valence-electron chi connectivity index (χ2n) is 5.56. The number of nitro benzene ring substituents is 1. The average molecular weight is 392 g/mol. The number of nitrogens with zero attached hydrogens (tertiary/aromatic N) is 2. The quantitative estimate of drug-likeness (QED) is 0.311. The van der Waals surface area contributed by atoms with Gasteiger partial charge < -0.3 is 9.64 Å². The summed E-state index contributed by atoms with van der Waals surface area (Å²) < 4.78 is 18.6. The van der Waals surface area contributed by atoms with Gasteiger partial charge in [0.25, 0.3) is 11.6 Å². The molecule has 0 fully saturated rings. The zero-order chi connectivity index (χ0) is 20.0. The van der Waals surface area contributed by atoms with E-state index in [1.807, 2.05) is 0 Å². The number of nitro groups is 1. The van der Waals surface area contributed by atoms with E-state index in [0.717, 1.165) is 6.07 Å². The van der Waals surface area contributed by atoms with Crippen molar-refractivity contribution in [3.8, 4) is 0 Å². The molecule has 0 heterocycles. The minimum Gasteiger partial charge on any atom is -0.452 e. The van der Waals surface area contributed by atoms with Gasteiger partial charge >= 0.3 is 5.97 Å². The molecule has 2 aromatic carbocycles. The largest absolute Gasteiger partial charge is 0.452 e. The standard InChI is InChI=1S/C18H17FN2O5S/c1-20(10-13-5-3-4-6-14(13)19)17(22)11-26-18(23)12-7-8-16(27-2)15(9-12)21(24)25/h3-9H,10-11H2,1-2H3. The van der Waals surface area contributed by atoms with Gasteiger partial charge in [-0.25, -0.2) is 9.18 Å². The van der Waals surface area contributed by atoms with E-state index in [2.05, 4.69) is 0 Å². The summed E-state index contributed by atoms with van der Waals surface area (Å²) in [5.41, 5.74) is 0.104. The van der Waals surface area contributed by atoms with E-state index >= 15 is 0 Å². The van der Waals surface area contributed by atoms with Crippen LogP contribution in [0.5, 0.6) is 0 Å². The van der Waals surface area contributed by atoms with Gasteiger partial charge in [0.05, 0.1) is 15.4 Å². The maximum Gasteiger partial charge on any atom is 0.338 e. The fraction of sp³-hybridized carbons (Fsp3) is 0.222. The van der Waals surface area contributed by atoms with Crippen molar-refractivity contribution in [2.75, 3.05) is 19.9 Å². The lowest BCUT2D eigenvalue weighted by atomic mass is 10.2. The number of rotatable bonds is 7. The lowest BCUT2D eigenvalue weighted by Crippen LogP contribution is -2.31. The molecule has 0 unspecified atom stereocenters. The predicted molar refractivity (Wildman–Crippen MR) is 98.0 cm³/mol. The normalized spacial score (nSPS) is 10.3. The van der Waals surface area contributed by atoms with Crippen molar-refractivity contribution in [1.29, 1.82) is 0 Å². The third kappa shape index (κ3) is 5.27. The summed E-state index contributed by atoms with van der Waals surface area (Å²) in [4.78, 5) is 36.3. The minimum atomic E-state index is -0.849. The summed E-state index contributed by atoms with van der Waals surface area (Å²) in [7, 11) is 1.46. The van der Waals surface area contributed by atoms with Crippen molar-refractivity contribution < 1.29 is 23.6 Å². The summed E-state index contributed by atoms with van der Waals surface area (Å²) in [6.45, 7) is -0.529. The SMILES string of the molecule is CSc1ccc(C(=O)OCC(=O)N(C)Cc2ccccc2F)cc1[N+](=O)[O-]. The van der Waals surface area contributed by atoms with Crippen LogP contribution in [0.15, 0.2) is 47.4 Å². The summed E-state index contributed by atoms with van der Waals surface area (Å²) >= 11 is 1.18. The lowest BCUT2D eigenvalue weighted by Gasteiger charge is -2.17. The average Bonchev–Trinajstić information content (AvgIpc) is 2.66. The third-order valence-corrected chi connectivity index (χ3v) is 4.51. The summed E-state index contributed by atoms with van der Waals surface area (Å²) in [5.74, 6) is -1.81. The highest BCUT2D eigenvalue weighted by Crippen LogP contribution is 2.28. The smallest absolute Gasteiger partial charge is 0.338 e. The fourth-order valence-corrected chi connectivity index (χ4v) is 2.80. The maximum absolute atomic E-state index is 13.6. The Kier molecular flexibility index (Phi) is 6.89. The van der Waals surface area contributed by atoms with Crippen LogP contribution in [0, 0.1) is 15.9 Å². The summed E-state index contributed by atoms with van der Waals surface area (Å²) in [5, 5.41) is 11.1. The van der Waals surface area contributed by atoms with Gasteiger partial charge in [0, 0.05) is 25.2 Å². The first-order chi connectivity index (χ1) is 12.8. The van der Waals surface area contributed by atoms with E-state index < -0.39 is 29.2 Å². The molecule has 142 valence electrons. The molecule has 0 radical (unpaired) electrons. The van der Waals surface area contributed by atoms with Crippen LogP contribution in [0.25, 0.3) is 0 Å². The van der Waals surface area contributed by atoms with Crippen LogP contribution in [0.3, 0.4) is 0 Å². The number of thioether (sulfide) groups is 1. The van der Waals surface area contributed by atoms with Crippen LogP contribution >= 0.6 is 11.8 Å². The van der Waals surface area contributed by atoms with E-state index in [9.17, 15) is 24.1 Å². The molecule has 0 saturated carbocycles. The molecule has 2 rings (SSSR count).